The Hall–Kier alpha value is -5.81. The van der Waals surface area contributed by atoms with Crippen LogP contribution >= 0.6 is 0 Å². The number of aliphatic hydroxyl groups excluding tert-OH is 2. The molecule has 72 heavy (non-hydrogen) atoms. The maximum absolute atomic E-state index is 14.8. The van der Waals surface area contributed by atoms with Crippen LogP contribution in [0.25, 0.3) is 10.8 Å². The van der Waals surface area contributed by atoms with Gasteiger partial charge in [-0.15, -0.1) is 0 Å². The number of nitrogens with one attached hydrogen (secondary N) is 2. The summed E-state index contributed by atoms with van der Waals surface area (Å²) in [6, 6.07) is 10.1. The predicted molar refractivity (Wildman–Crippen MR) is 276 cm³/mol. The Labute approximate surface area is 423 Å². The maximum atomic E-state index is 14.8. The zero-order chi connectivity index (χ0) is 52.2. The van der Waals surface area contributed by atoms with Gasteiger partial charge in [0.05, 0.1) is 28.7 Å². The number of benzene rings is 3. The van der Waals surface area contributed by atoms with Crippen LogP contribution in [0.5, 0.6) is 17.2 Å². The third kappa shape index (κ3) is 11.4. The average molecular weight is 993 g/mol. The summed E-state index contributed by atoms with van der Waals surface area (Å²) < 4.78 is 18.8. The van der Waals surface area contributed by atoms with Gasteiger partial charge in [-0.05, 0) is 68.4 Å². The van der Waals surface area contributed by atoms with E-state index in [0.29, 0.717) is 43.7 Å². The second-order valence-corrected chi connectivity index (χ2v) is 21.3. The highest BCUT2D eigenvalue weighted by Crippen LogP contribution is 2.50. The predicted octanol–water partition coefficient (Wildman–Crippen LogP) is 7.20. The first-order chi connectivity index (χ1) is 34.3. The lowest BCUT2D eigenvalue weighted by atomic mass is 9.80. The first kappa shape index (κ1) is 54.0. The number of ether oxygens (including phenoxy) is 3. The van der Waals surface area contributed by atoms with Crippen LogP contribution in [0.2, 0.25) is 0 Å². The molecular formula is C56H76N6O10. The number of hydrogen-bond acceptors (Lipinski definition) is 14. The fourth-order valence-corrected chi connectivity index (χ4v) is 11.1. The Morgan fingerprint density at radius 2 is 1.65 bits per heavy atom. The summed E-state index contributed by atoms with van der Waals surface area (Å²) in [4.78, 5) is 57.7. The number of alkyl carbamates (subject to hydrolysis) is 1. The fraction of sp³-hybridized carbons (Fsp3) is 0.554. The number of phenolic OH excluding ortho intramolecular Hbond substituents is 2. The molecule has 3 aromatic carbocycles. The van der Waals surface area contributed by atoms with Crippen LogP contribution < -0.4 is 26.1 Å². The number of ketones is 1. The van der Waals surface area contributed by atoms with Gasteiger partial charge in [-0.1, -0.05) is 90.1 Å². The number of fused-ring (bicyclic) bond motifs is 13. The number of carbonyl (C=O) groups excluding carboxylic acids is 3. The van der Waals surface area contributed by atoms with Gasteiger partial charge in [-0.2, -0.15) is 0 Å². The van der Waals surface area contributed by atoms with Crippen molar-refractivity contribution in [2.24, 2.45) is 39.6 Å². The van der Waals surface area contributed by atoms with Crippen molar-refractivity contribution in [2.45, 2.75) is 131 Å². The molecule has 6 aliphatic rings. The van der Waals surface area contributed by atoms with Gasteiger partial charge in [0.25, 0.3) is 11.7 Å². The number of nitrogens with zero attached hydrogens (tertiary/aromatic N) is 4. The van der Waals surface area contributed by atoms with Crippen LogP contribution in [0, 0.1) is 36.5 Å². The Kier molecular flexibility index (Phi) is 16.9. The summed E-state index contributed by atoms with van der Waals surface area (Å²) >= 11 is 0. The average Bonchev–Trinajstić information content (AvgIpc) is 4.03. The molecule has 2 amide bonds. The lowest BCUT2D eigenvalue weighted by Crippen LogP contribution is -2.45. The molecule has 0 aliphatic carbocycles. The molecule has 9 rings (SSSR count). The molecule has 0 radical (unpaired) electrons. The summed E-state index contributed by atoms with van der Waals surface area (Å²) in [7, 11) is 1.00. The molecule has 390 valence electrons. The lowest BCUT2D eigenvalue weighted by molar-refractivity contribution is -0.112. The van der Waals surface area contributed by atoms with E-state index < -0.39 is 53.1 Å². The van der Waals surface area contributed by atoms with Crippen LogP contribution in [-0.2, 0) is 20.8 Å². The van der Waals surface area contributed by atoms with Gasteiger partial charge in [0.15, 0.2) is 11.4 Å². The number of aliphatic hydroxyl groups is 2. The molecule has 2 fully saturated rings. The van der Waals surface area contributed by atoms with Crippen LogP contribution in [-0.4, -0.2) is 118 Å². The van der Waals surface area contributed by atoms with E-state index in [4.69, 9.17) is 29.3 Å². The Bertz CT molecular complexity index is 2710. The number of amides is 2. The molecular weight excluding hydrogens is 917 g/mol. The molecule has 3 aromatic rings. The minimum absolute atomic E-state index is 0.00455. The standard InChI is InChI=1S/C55H72N6O9.CH4O/c1-31(2)28-60-24-21-55(22-25-60)58-43-40-41-47(63)37(8)50-42(40)51(65)54(9,70-50)68-26-14-17-33(4)49(69-53(67)56-39-20-23-61(30-39)29-38-18-11-10-12-19-38)36(7)46(62)35(6)27-32(3)15-13-16-34(5)52(66)57-45(48(41)64)44(43)59-55;1-2/h10-16,18-19,26,31-33,35-36,39,46,49,62-64H,17,20-25,27-30H2,1-9H3,(H,56,67)(H,57,66);2H,1H3/b15-13+,26-14+,34-16-;/t32?,33-,35-,36-,39?,46?,49?,54?;/m1./s1. The van der Waals surface area contributed by atoms with Crippen molar-refractivity contribution in [3.63, 3.8) is 0 Å². The first-order valence-corrected chi connectivity index (χ1v) is 25.6. The summed E-state index contributed by atoms with van der Waals surface area (Å²) in [6.45, 7) is 21.7. The van der Waals surface area contributed by atoms with Crippen molar-refractivity contribution < 1.29 is 49.0 Å². The van der Waals surface area contributed by atoms with Crippen molar-refractivity contribution in [1.29, 1.82) is 0 Å². The van der Waals surface area contributed by atoms with E-state index in [1.807, 2.05) is 58.0 Å². The van der Waals surface area contributed by atoms with Gasteiger partial charge in [0, 0.05) is 94.6 Å². The molecule has 5 unspecified atom stereocenters. The third-order valence-electron chi connectivity index (χ3n) is 15.0. The molecule has 0 aromatic heterocycles. The van der Waals surface area contributed by atoms with Gasteiger partial charge in [-0.3, -0.25) is 24.5 Å². The Morgan fingerprint density at radius 3 is 2.35 bits per heavy atom. The number of phenols is 2. The van der Waals surface area contributed by atoms with E-state index in [2.05, 4.69) is 46.4 Å². The molecule has 6 N–H and O–H groups in total. The fourth-order valence-electron chi connectivity index (χ4n) is 11.1. The number of piperidine rings is 1. The second kappa shape index (κ2) is 22.5. The number of anilines is 1. The quantitative estimate of drug-likeness (QED) is 0.135. The molecule has 5 bridgehead atoms. The van der Waals surface area contributed by atoms with E-state index in [0.717, 1.165) is 46.3 Å². The van der Waals surface area contributed by atoms with Gasteiger partial charge in [0.1, 0.15) is 28.6 Å². The van der Waals surface area contributed by atoms with Gasteiger partial charge >= 0.3 is 11.9 Å². The van der Waals surface area contributed by atoms with Crippen molar-refractivity contribution >= 4 is 34.2 Å². The number of rotatable bonds is 6. The molecule has 0 saturated carbocycles. The number of hydrogen-bond donors (Lipinski definition) is 6. The molecule has 2 saturated heterocycles. The minimum atomic E-state index is -1.89. The summed E-state index contributed by atoms with van der Waals surface area (Å²) in [6.07, 6.45) is 9.43. The number of allylic oxidation sites excluding steroid dienone is 4. The third-order valence-corrected chi connectivity index (χ3v) is 15.0. The zero-order valence-corrected chi connectivity index (χ0v) is 43.7. The molecule has 16 nitrogen and oxygen atoms in total. The van der Waals surface area contributed by atoms with E-state index >= 15 is 0 Å². The van der Waals surface area contributed by atoms with Gasteiger partial charge in [-0.25, -0.2) is 4.79 Å². The van der Waals surface area contributed by atoms with E-state index in [1.54, 1.807) is 26.0 Å². The highest BCUT2D eigenvalue weighted by molar-refractivity contribution is 6.19. The molecule has 6 aliphatic heterocycles. The molecule has 8 atom stereocenters. The number of carbonyl (C=O) groups is 3. The molecule has 6 heterocycles. The molecule has 1 spiro atoms. The first-order valence-electron chi connectivity index (χ1n) is 25.6. The second-order valence-electron chi connectivity index (χ2n) is 21.3. The highest BCUT2D eigenvalue weighted by Gasteiger charge is 2.50. The van der Waals surface area contributed by atoms with E-state index in [-0.39, 0.29) is 73.6 Å². The largest absolute Gasteiger partial charge is 0.507 e. The minimum Gasteiger partial charge on any atom is -0.507 e. The van der Waals surface area contributed by atoms with Crippen molar-refractivity contribution in [3.05, 3.63) is 93.9 Å². The summed E-state index contributed by atoms with van der Waals surface area (Å²) in [5.41, 5.74) is 0.898. The van der Waals surface area contributed by atoms with E-state index in [9.17, 15) is 29.7 Å². The normalized spacial score (nSPS) is 29.5. The monoisotopic (exact) mass is 993 g/mol. The number of Topliss-reactive ketones (excluding diaryl/α,β-unsaturated/α-hetero) is 1. The van der Waals surface area contributed by atoms with Crippen LogP contribution in [0.15, 0.2) is 76.5 Å². The Balaban J connectivity index is 0.00000376. The highest BCUT2D eigenvalue weighted by atomic mass is 16.7. The smallest absolute Gasteiger partial charge is 0.407 e. The Morgan fingerprint density at radius 1 is 0.958 bits per heavy atom. The SMILES string of the molecule is C/C1=C/C=C/C(C)C[C@@H](C)C(O)[C@@H](C)C(OC(=O)NC2CCN(Cc3ccccc3)C2)[C@H](C)C/C=C/OC2(C)Oc3c(C)c(O)c4c(O)c(c5c(c4c3C2=O)=NC2(CCN(CC(C)C)CC2)N=5)NC1=O.CO. The van der Waals surface area contributed by atoms with Crippen LogP contribution in [0.1, 0.15) is 109 Å². The zero-order valence-electron chi connectivity index (χ0n) is 43.7. The van der Waals surface area contributed by atoms with Crippen molar-refractivity contribution in [3.8, 4) is 17.2 Å². The van der Waals surface area contributed by atoms with Crippen molar-refractivity contribution in [2.75, 3.05) is 45.2 Å². The lowest BCUT2D eigenvalue weighted by Gasteiger charge is -2.36. The van der Waals surface area contributed by atoms with Gasteiger partial charge in [0.2, 0.25) is 0 Å². The molecule has 16 heteroatoms. The van der Waals surface area contributed by atoms with Crippen LogP contribution in [0.3, 0.4) is 0 Å². The topological polar surface area (TPSA) is 215 Å². The number of aromatic hydroxyl groups is 2. The summed E-state index contributed by atoms with van der Waals surface area (Å²) in [5, 5.41) is 49.6. The maximum Gasteiger partial charge on any atom is 0.407 e. The van der Waals surface area contributed by atoms with Gasteiger partial charge < -0.3 is 50.2 Å². The van der Waals surface area contributed by atoms with Crippen molar-refractivity contribution in [1.82, 2.24) is 15.1 Å². The van der Waals surface area contributed by atoms with Crippen LogP contribution in [0.4, 0.5) is 10.5 Å². The summed E-state index contributed by atoms with van der Waals surface area (Å²) in [5.74, 6) is -4.11. The number of likely N-dealkylation sites (tertiary alicyclic amines) is 2. The van der Waals surface area contributed by atoms with E-state index in [1.165, 1.54) is 18.7 Å².